The summed E-state index contributed by atoms with van der Waals surface area (Å²) in [6, 6.07) is 6.80. The number of hydrogen-bond donors (Lipinski definition) is 2. The van der Waals surface area contributed by atoms with E-state index in [9.17, 15) is 14.9 Å². The summed E-state index contributed by atoms with van der Waals surface area (Å²) in [7, 11) is 0. The third kappa shape index (κ3) is 21.9. The minimum Gasteiger partial charge on any atom is -0.484 e. The van der Waals surface area contributed by atoms with Crippen molar-refractivity contribution in [3.63, 3.8) is 0 Å². The van der Waals surface area contributed by atoms with E-state index in [-0.39, 0.29) is 25.0 Å². The lowest BCUT2D eigenvalue weighted by atomic mass is 10.1. The molecule has 0 aliphatic heterocycles. The zero-order chi connectivity index (χ0) is 30.5. The average molecular weight is 586 g/mol. The molecule has 0 unspecified atom stereocenters. The Morgan fingerprint density at radius 2 is 0.905 bits per heavy atom. The fourth-order valence-electron chi connectivity index (χ4n) is 4.88. The van der Waals surface area contributed by atoms with Gasteiger partial charge in [0.15, 0.2) is 13.2 Å². The van der Waals surface area contributed by atoms with E-state index in [0.29, 0.717) is 30.2 Å². The standard InChI is InChI=1S/C35H59N3O4/c1-3-5-7-9-11-13-15-17-19-21-23-37-34(39)29-41-32-25-31(28-36)26-33(27-32)42-30-35(40)38-24-22-20-18-16-14-12-10-8-6-4-2/h25-27H,3-24,29-30H2,1-2H3,(H,37,39)(H,38,40). The number of ether oxygens (including phenoxy) is 2. The molecule has 1 aromatic carbocycles. The van der Waals surface area contributed by atoms with Crippen LogP contribution in [0.25, 0.3) is 0 Å². The Balaban J connectivity index is 2.16. The molecule has 0 radical (unpaired) electrons. The van der Waals surface area contributed by atoms with Gasteiger partial charge < -0.3 is 20.1 Å². The molecule has 238 valence electrons. The molecule has 42 heavy (non-hydrogen) atoms. The van der Waals surface area contributed by atoms with Crippen molar-refractivity contribution in [1.29, 1.82) is 5.26 Å². The smallest absolute Gasteiger partial charge is 0.257 e. The van der Waals surface area contributed by atoms with Gasteiger partial charge in [-0.3, -0.25) is 9.59 Å². The van der Waals surface area contributed by atoms with Gasteiger partial charge in [0, 0.05) is 19.2 Å². The SMILES string of the molecule is CCCCCCCCCCCCNC(=O)COc1cc(C#N)cc(OCC(=O)NCCCCCCCCCCCC)c1. The first-order valence-electron chi connectivity index (χ1n) is 16.9. The molecule has 7 heteroatoms. The summed E-state index contributed by atoms with van der Waals surface area (Å²) >= 11 is 0. The van der Waals surface area contributed by atoms with Crippen LogP contribution in [0.4, 0.5) is 0 Å². The lowest BCUT2D eigenvalue weighted by molar-refractivity contribution is -0.123. The van der Waals surface area contributed by atoms with Gasteiger partial charge in [0.05, 0.1) is 11.6 Å². The Morgan fingerprint density at radius 1 is 0.571 bits per heavy atom. The van der Waals surface area contributed by atoms with Gasteiger partial charge in [0.2, 0.25) is 0 Å². The third-order valence-electron chi connectivity index (χ3n) is 7.45. The molecule has 0 spiro atoms. The van der Waals surface area contributed by atoms with Crippen molar-refractivity contribution in [3.8, 4) is 17.6 Å². The number of benzene rings is 1. The van der Waals surface area contributed by atoms with Crippen LogP contribution in [0.1, 0.15) is 148 Å². The van der Waals surface area contributed by atoms with E-state index < -0.39 is 0 Å². The summed E-state index contributed by atoms with van der Waals surface area (Å²) in [6.45, 7) is 5.49. The first-order chi connectivity index (χ1) is 20.6. The van der Waals surface area contributed by atoms with Gasteiger partial charge in [0.1, 0.15) is 11.5 Å². The van der Waals surface area contributed by atoms with Crippen LogP contribution in [-0.4, -0.2) is 38.1 Å². The zero-order valence-corrected chi connectivity index (χ0v) is 26.8. The van der Waals surface area contributed by atoms with Crippen molar-refractivity contribution in [2.75, 3.05) is 26.3 Å². The molecule has 1 rings (SSSR count). The fraction of sp³-hybridized carbons (Fsp3) is 0.743. The highest BCUT2D eigenvalue weighted by atomic mass is 16.5. The number of carbonyl (C=O) groups excluding carboxylic acids is 2. The molecule has 0 saturated carbocycles. The quantitative estimate of drug-likeness (QED) is 0.0962. The lowest BCUT2D eigenvalue weighted by Gasteiger charge is -2.11. The Labute approximate surface area is 256 Å². The van der Waals surface area contributed by atoms with Gasteiger partial charge in [0.25, 0.3) is 11.8 Å². The van der Waals surface area contributed by atoms with Crippen molar-refractivity contribution >= 4 is 11.8 Å². The van der Waals surface area contributed by atoms with E-state index in [4.69, 9.17) is 9.47 Å². The van der Waals surface area contributed by atoms with Crippen molar-refractivity contribution in [1.82, 2.24) is 10.6 Å². The third-order valence-corrected chi connectivity index (χ3v) is 7.45. The molecule has 0 atom stereocenters. The van der Waals surface area contributed by atoms with Crippen molar-refractivity contribution in [2.24, 2.45) is 0 Å². The molecule has 2 amide bonds. The van der Waals surface area contributed by atoms with E-state index in [1.165, 1.54) is 103 Å². The van der Waals surface area contributed by atoms with Gasteiger partial charge in [-0.1, -0.05) is 129 Å². The van der Waals surface area contributed by atoms with Gasteiger partial charge >= 0.3 is 0 Å². The number of amides is 2. The van der Waals surface area contributed by atoms with E-state index >= 15 is 0 Å². The number of hydrogen-bond acceptors (Lipinski definition) is 5. The number of nitrogens with zero attached hydrogens (tertiary/aromatic N) is 1. The maximum atomic E-state index is 12.2. The molecule has 0 aliphatic rings. The van der Waals surface area contributed by atoms with Gasteiger partial charge in [-0.05, 0) is 25.0 Å². The molecule has 0 aromatic heterocycles. The summed E-state index contributed by atoms with van der Waals surface area (Å²) in [6.07, 6.45) is 25.1. The summed E-state index contributed by atoms with van der Waals surface area (Å²) in [5.41, 5.74) is 0.346. The van der Waals surface area contributed by atoms with Gasteiger partial charge in [-0.15, -0.1) is 0 Å². The van der Waals surface area contributed by atoms with Crippen LogP contribution in [0.2, 0.25) is 0 Å². The predicted octanol–water partition coefficient (Wildman–Crippen LogP) is 8.39. The fourth-order valence-corrected chi connectivity index (χ4v) is 4.88. The topological polar surface area (TPSA) is 100 Å². The number of nitrogens with one attached hydrogen (secondary N) is 2. The average Bonchev–Trinajstić information content (AvgIpc) is 3.00. The van der Waals surface area contributed by atoms with Crippen LogP contribution < -0.4 is 20.1 Å². The van der Waals surface area contributed by atoms with Crippen LogP contribution in [0.15, 0.2) is 18.2 Å². The maximum absolute atomic E-state index is 12.2. The zero-order valence-electron chi connectivity index (χ0n) is 26.8. The largest absolute Gasteiger partial charge is 0.484 e. The van der Waals surface area contributed by atoms with Crippen LogP contribution in [0, 0.1) is 11.3 Å². The molecule has 0 bridgehead atoms. The summed E-state index contributed by atoms with van der Waals surface area (Å²) in [5.74, 6) is 0.344. The van der Waals surface area contributed by atoms with Crippen molar-refractivity contribution < 1.29 is 19.1 Å². The van der Waals surface area contributed by atoms with Gasteiger partial charge in [-0.2, -0.15) is 5.26 Å². The first-order valence-corrected chi connectivity index (χ1v) is 16.9. The van der Waals surface area contributed by atoms with E-state index in [1.54, 1.807) is 18.2 Å². The Morgan fingerprint density at radius 3 is 1.24 bits per heavy atom. The highest BCUT2D eigenvalue weighted by Gasteiger charge is 2.08. The van der Waals surface area contributed by atoms with Crippen LogP contribution in [-0.2, 0) is 9.59 Å². The molecule has 0 saturated heterocycles. The molecular weight excluding hydrogens is 526 g/mol. The summed E-state index contributed by atoms with van der Waals surface area (Å²) < 4.78 is 11.2. The van der Waals surface area contributed by atoms with E-state index in [0.717, 1.165) is 25.7 Å². The number of nitriles is 1. The molecule has 0 fully saturated rings. The lowest BCUT2D eigenvalue weighted by Crippen LogP contribution is -2.30. The number of unbranched alkanes of at least 4 members (excludes halogenated alkanes) is 18. The first kappa shape index (κ1) is 37.3. The monoisotopic (exact) mass is 585 g/mol. The molecule has 0 heterocycles. The van der Waals surface area contributed by atoms with Crippen molar-refractivity contribution in [3.05, 3.63) is 23.8 Å². The van der Waals surface area contributed by atoms with E-state index in [2.05, 4.69) is 30.6 Å². The highest BCUT2D eigenvalue weighted by Crippen LogP contribution is 2.23. The number of rotatable bonds is 28. The number of carbonyl (C=O) groups is 2. The maximum Gasteiger partial charge on any atom is 0.257 e. The Bertz CT molecular complexity index is 808. The predicted molar refractivity (Wildman–Crippen MR) is 172 cm³/mol. The summed E-state index contributed by atoms with van der Waals surface area (Å²) in [5, 5.41) is 15.2. The van der Waals surface area contributed by atoms with Gasteiger partial charge in [-0.25, -0.2) is 0 Å². The molecule has 1 aromatic rings. The second-order valence-corrected chi connectivity index (χ2v) is 11.4. The Kier molecular flexibility index (Phi) is 24.1. The molecule has 2 N–H and O–H groups in total. The van der Waals surface area contributed by atoms with Crippen molar-refractivity contribution in [2.45, 2.75) is 142 Å². The molecular formula is C35H59N3O4. The van der Waals surface area contributed by atoms with Crippen LogP contribution >= 0.6 is 0 Å². The molecule has 0 aliphatic carbocycles. The minimum atomic E-state index is -0.192. The second kappa shape index (κ2) is 27.1. The highest BCUT2D eigenvalue weighted by molar-refractivity contribution is 5.78. The summed E-state index contributed by atoms with van der Waals surface area (Å²) in [4.78, 5) is 24.4. The Hall–Kier alpha value is -2.75. The second-order valence-electron chi connectivity index (χ2n) is 11.4. The molecule has 7 nitrogen and oxygen atoms in total. The normalized spacial score (nSPS) is 10.7. The van der Waals surface area contributed by atoms with Crippen LogP contribution in [0.3, 0.4) is 0 Å². The van der Waals surface area contributed by atoms with Crippen LogP contribution in [0.5, 0.6) is 11.5 Å². The minimum absolute atomic E-state index is 0.134. The van der Waals surface area contributed by atoms with E-state index in [1.807, 2.05) is 0 Å².